The molecule has 0 bridgehead atoms. The molecule has 0 saturated carbocycles. The molecule has 0 aliphatic rings. The largest absolute Gasteiger partial charge is 0.350 e. The lowest BCUT2D eigenvalue weighted by Crippen LogP contribution is -2.37. The number of aryl methyl sites for hydroxylation is 1. The molecule has 138 valence electrons. The summed E-state index contributed by atoms with van der Waals surface area (Å²) in [7, 11) is -3.41. The molecule has 0 aliphatic heterocycles. The lowest BCUT2D eigenvalue weighted by atomic mass is 10.1. The summed E-state index contributed by atoms with van der Waals surface area (Å²) in [4.78, 5) is 24.1. The van der Waals surface area contributed by atoms with E-state index < -0.39 is 10.0 Å². The van der Waals surface area contributed by atoms with Gasteiger partial charge in [0, 0.05) is 12.1 Å². The highest BCUT2D eigenvalue weighted by Gasteiger charge is 2.11. The van der Waals surface area contributed by atoms with Gasteiger partial charge in [-0.3, -0.25) is 14.3 Å². The van der Waals surface area contributed by atoms with Gasteiger partial charge in [-0.1, -0.05) is 36.4 Å². The summed E-state index contributed by atoms with van der Waals surface area (Å²) in [6.45, 7) is 1.79. The zero-order valence-electron chi connectivity index (χ0n) is 14.6. The third kappa shape index (κ3) is 5.89. The van der Waals surface area contributed by atoms with E-state index in [0.29, 0.717) is 16.8 Å². The number of sulfonamides is 1. The summed E-state index contributed by atoms with van der Waals surface area (Å²) in [5, 5.41) is 5.22. The molecule has 0 fully saturated rings. The third-order valence-corrected chi connectivity index (χ3v) is 4.18. The molecule has 0 atom stereocenters. The number of para-hydroxylation sites is 1. The Labute approximate surface area is 152 Å². The van der Waals surface area contributed by atoms with Crippen molar-refractivity contribution in [1.29, 1.82) is 0 Å². The molecule has 7 nitrogen and oxygen atoms in total. The molecule has 2 amide bonds. The summed E-state index contributed by atoms with van der Waals surface area (Å²) in [5.74, 6) is -0.696. The van der Waals surface area contributed by atoms with Crippen LogP contribution in [0.4, 0.5) is 5.69 Å². The highest BCUT2D eigenvalue weighted by atomic mass is 32.2. The van der Waals surface area contributed by atoms with Crippen molar-refractivity contribution in [2.24, 2.45) is 0 Å². The van der Waals surface area contributed by atoms with Gasteiger partial charge < -0.3 is 10.6 Å². The van der Waals surface area contributed by atoms with Gasteiger partial charge in [0.15, 0.2) is 0 Å². The minimum Gasteiger partial charge on any atom is -0.350 e. The van der Waals surface area contributed by atoms with Gasteiger partial charge in [0.05, 0.1) is 18.5 Å². The minimum atomic E-state index is -3.41. The van der Waals surface area contributed by atoms with Crippen molar-refractivity contribution in [2.75, 3.05) is 17.5 Å². The number of anilines is 1. The number of rotatable bonds is 7. The van der Waals surface area contributed by atoms with E-state index in [4.69, 9.17) is 0 Å². The minimum absolute atomic E-state index is 0.137. The van der Waals surface area contributed by atoms with Crippen LogP contribution in [0.15, 0.2) is 48.5 Å². The van der Waals surface area contributed by atoms with Crippen LogP contribution < -0.4 is 15.4 Å². The van der Waals surface area contributed by atoms with Crippen molar-refractivity contribution in [3.05, 3.63) is 65.2 Å². The number of hydrogen-bond acceptors (Lipinski definition) is 4. The standard InChI is InChI=1S/C18H21N3O4S/c1-13-7-3-5-9-15(13)18(23)20-12-17(22)19-11-14-8-4-6-10-16(14)21-26(2,24)25/h3-10,21H,11-12H2,1-2H3,(H,19,22)(H,20,23). The Balaban J connectivity index is 1.90. The highest BCUT2D eigenvalue weighted by molar-refractivity contribution is 7.92. The maximum atomic E-state index is 12.1. The third-order valence-electron chi connectivity index (χ3n) is 3.59. The Hall–Kier alpha value is -2.87. The van der Waals surface area contributed by atoms with Crippen molar-refractivity contribution in [3.63, 3.8) is 0 Å². The summed E-state index contributed by atoms with van der Waals surface area (Å²) in [6, 6.07) is 13.9. The average molecular weight is 375 g/mol. The molecular formula is C18H21N3O4S. The van der Waals surface area contributed by atoms with Crippen molar-refractivity contribution in [3.8, 4) is 0 Å². The molecule has 0 spiro atoms. The van der Waals surface area contributed by atoms with Crippen molar-refractivity contribution in [1.82, 2.24) is 10.6 Å². The van der Waals surface area contributed by atoms with Gasteiger partial charge in [-0.15, -0.1) is 0 Å². The molecule has 0 aliphatic carbocycles. The van der Waals surface area contributed by atoms with E-state index in [-0.39, 0.29) is 24.9 Å². The fourth-order valence-electron chi connectivity index (χ4n) is 2.31. The Bertz CT molecular complexity index is 910. The number of benzene rings is 2. The normalized spacial score (nSPS) is 10.8. The summed E-state index contributed by atoms with van der Waals surface area (Å²) in [5.41, 5.74) is 2.37. The maximum Gasteiger partial charge on any atom is 0.251 e. The first kappa shape index (κ1) is 19.5. The predicted molar refractivity (Wildman–Crippen MR) is 100 cm³/mol. The van der Waals surface area contributed by atoms with Gasteiger partial charge >= 0.3 is 0 Å². The van der Waals surface area contributed by atoms with Crippen LogP contribution in [0.1, 0.15) is 21.5 Å². The second-order valence-corrected chi connectivity index (χ2v) is 7.55. The smallest absolute Gasteiger partial charge is 0.251 e. The zero-order chi connectivity index (χ0) is 19.2. The van der Waals surface area contributed by atoms with Crippen molar-refractivity contribution >= 4 is 27.5 Å². The van der Waals surface area contributed by atoms with E-state index in [2.05, 4.69) is 15.4 Å². The number of carbonyl (C=O) groups is 2. The average Bonchev–Trinajstić information content (AvgIpc) is 2.58. The molecule has 8 heteroatoms. The van der Waals surface area contributed by atoms with Crippen LogP contribution in [0.2, 0.25) is 0 Å². The Morgan fingerprint density at radius 1 is 0.962 bits per heavy atom. The zero-order valence-corrected chi connectivity index (χ0v) is 15.4. The molecule has 2 aromatic rings. The van der Waals surface area contributed by atoms with Gasteiger partial charge in [0.2, 0.25) is 15.9 Å². The molecule has 0 saturated heterocycles. The van der Waals surface area contributed by atoms with Crippen molar-refractivity contribution in [2.45, 2.75) is 13.5 Å². The van der Waals surface area contributed by atoms with E-state index in [1.54, 1.807) is 36.4 Å². The fourth-order valence-corrected chi connectivity index (χ4v) is 2.91. The van der Waals surface area contributed by atoms with Gasteiger partial charge in [0.1, 0.15) is 0 Å². The quantitative estimate of drug-likeness (QED) is 0.681. The number of amides is 2. The molecule has 2 aromatic carbocycles. The van der Waals surface area contributed by atoms with Crippen LogP contribution >= 0.6 is 0 Å². The SMILES string of the molecule is Cc1ccccc1C(=O)NCC(=O)NCc1ccccc1NS(C)(=O)=O. The first-order valence-corrected chi connectivity index (χ1v) is 9.81. The molecule has 0 heterocycles. The van der Waals surface area contributed by atoms with Crippen LogP contribution in [-0.4, -0.2) is 33.0 Å². The van der Waals surface area contributed by atoms with Gasteiger partial charge in [-0.2, -0.15) is 0 Å². The molecule has 0 aromatic heterocycles. The van der Waals surface area contributed by atoms with Crippen LogP contribution in [-0.2, 0) is 21.4 Å². The van der Waals surface area contributed by atoms with E-state index in [1.807, 2.05) is 19.1 Å². The Morgan fingerprint density at radius 3 is 2.31 bits per heavy atom. The van der Waals surface area contributed by atoms with E-state index in [0.717, 1.165) is 11.8 Å². The highest BCUT2D eigenvalue weighted by Crippen LogP contribution is 2.15. The summed E-state index contributed by atoms with van der Waals surface area (Å²) in [6.07, 6.45) is 1.06. The number of hydrogen-bond donors (Lipinski definition) is 3. The van der Waals surface area contributed by atoms with Gasteiger partial charge in [-0.05, 0) is 30.2 Å². The summed E-state index contributed by atoms with van der Waals surface area (Å²) < 4.78 is 25.2. The maximum absolute atomic E-state index is 12.1. The Morgan fingerprint density at radius 2 is 1.62 bits per heavy atom. The lowest BCUT2D eigenvalue weighted by molar-refractivity contribution is -0.120. The van der Waals surface area contributed by atoms with E-state index in [9.17, 15) is 18.0 Å². The van der Waals surface area contributed by atoms with Gasteiger partial charge in [0.25, 0.3) is 5.91 Å². The van der Waals surface area contributed by atoms with Crippen LogP contribution in [0.25, 0.3) is 0 Å². The molecule has 3 N–H and O–H groups in total. The second-order valence-electron chi connectivity index (χ2n) is 5.81. The monoisotopic (exact) mass is 375 g/mol. The predicted octanol–water partition coefficient (Wildman–Crippen LogP) is 1.41. The molecule has 26 heavy (non-hydrogen) atoms. The molecule has 0 radical (unpaired) electrons. The van der Waals surface area contributed by atoms with Crippen LogP contribution in [0.3, 0.4) is 0 Å². The first-order chi connectivity index (χ1) is 12.3. The van der Waals surface area contributed by atoms with E-state index in [1.165, 1.54) is 0 Å². The fraction of sp³-hybridized carbons (Fsp3) is 0.222. The van der Waals surface area contributed by atoms with Crippen molar-refractivity contribution < 1.29 is 18.0 Å². The molecule has 0 unspecified atom stereocenters. The van der Waals surface area contributed by atoms with Crippen LogP contribution in [0.5, 0.6) is 0 Å². The Kier molecular flexibility index (Phi) is 6.35. The molecular weight excluding hydrogens is 354 g/mol. The lowest BCUT2D eigenvalue weighted by Gasteiger charge is -2.12. The summed E-state index contributed by atoms with van der Waals surface area (Å²) >= 11 is 0. The second kappa shape index (κ2) is 8.48. The van der Waals surface area contributed by atoms with Crippen LogP contribution in [0, 0.1) is 6.92 Å². The first-order valence-electron chi connectivity index (χ1n) is 7.92. The number of nitrogens with one attached hydrogen (secondary N) is 3. The van der Waals surface area contributed by atoms with Gasteiger partial charge in [-0.25, -0.2) is 8.42 Å². The van der Waals surface area contributed by atoms with E-state index >= 15 is 0 Å². The number of carbonyl (C=O) groups excluding carboxylic acids is 2. The topological polar surface area (TPSA) is 104 Å². The molecule has 2 rings (SSSR count).